The van der Waals surface area contributed by atoms with Crippen LogP contribution >= 0.6 is 24.4 Å². The minimum absolute atomic E-state index is 0.420. The molecule has 0 unspecified atom stereocenters. The molecule has 0 aliphatic heterocycles. The van der Waals surface area contributed by atoms with Crippen LogP contribution in [0.2, 0.25) is 0 Å². The Bertz CT molecular complexity index is 623. The van der Waals surface area contributed by atoms with E-state index in [9.17, 15) is 0 Å². The van der Waals surface area contributed by atoms with Gasteiger partial charge in [0.2, 0.25) is 0 Å². The van der Waals surface area contributed by atoms with Crippen LogP contribution in [0.15, 0.2) is 34.5 Å². The minimum atomic E-state index is 0.420. The molecule has 0 saturated carbocycles. The number of anilines is 1. The van der Waals surface area contributed by atoms with Crippen LogP contribution in [-0.2, 0) is 0 Å². The molecule has 0 aromatic heterocycles. The lowest BCUT2D eigenvalue weighted by atomic mass is 10.1. The van der Waals surface area contributed by atoms with Crippen LogP contribution in [0, 0.1) is 0 Å². The van der Waals surface area contributed by atoms with Gasteiger partial charge >= 0.3 is 0 Å². The lowest BCUT2D eigenvalue weighted by Gasteiger charge is -2.10. The average Bonchev–Trinajstić information content (AvgIpc) is 2.61. The molecule has 0 saturated heterocycles. The predicted octanol–water partition coefficient (Wildman–Crippen LogP) is 1.39. The first-order valence-electron chi connectivity index (χ1n) is 7.43. The Kier molecular flexibility index (Phi) is 8.66. The van der Waals surface area contributed by atoms with Crippen LogP contribution in [0.4, 0.5) is 5.69 Å². The molecule has 7 nitrogen and oxygen atoms in total. The highest BCUT2D eigenvalue weighted by atomic mass is 32.1. The van der Waals surface area contributed by atoms with Crippen molar-refractivity contribution in [2.24, 2.45) is 10.2 Å². The van der Waals surface area contributed by atoms with E-state index in [4.69, 9.17) is 24.4 Å². The van der Waals surface area contributed by atoms with Crippen LogP contribution < -0.4 is 26.8 Å². The van der Waals surface area contributed by atoms with Crippen LogP contribution in [0.1, 0.15) is 19.4 Å². The van der Waals surface area contributed by atoms with Gasteiger partial charge in [-0.1, -0.05) is 12.1 Å². The van der Waals surface area contributed by atoms with E-state index >= 15 is 0 Å². The van der Waals surface area contributed by atoms with E-state index in [0.717, 1.165) is 17.8 Å². The summed E-state index contributed by atoms with van der Waals surface area (Å²) in [7, 11) is 3.45. The second kappa shape index (κ2) is 10.5. The second-order valence-electron chi connectivity index (χ2n) is 4.65. The van der Waals surface area contributed by atoms with Crippen LogP contribution in [0.5, 0.6) is 0 Å². The minimum Gasteiger partial charge on any atom is -0.385 e. The lowest BCUT2D eigenvalue weighted by molar-refractivity contribution is 0.966. The van der Waals surface area contributed by atoms with Crippen molar-refractivity contribution in [1.29, 1.82) is 0 Å². The van der Waals surface area contributed by atoms with Gasteiger partial charge in [0.25, 0.3) is 0 Å². The summed E-state index contributed by atoms with van der Waals surface area (Å²) in [5.74, 6) is 0. The van der Waals surface area contributed by atoms with Crippen molar-refractivity contribution in [2.45, 2.75) is 13.8 Å². The van der Waals surface area contributed by atoms with E-state index in [2.05, 4.69) is 43.9 Å². The third-order valence-corrected chi connectivity index (χ3v) is 3.52. The molecule has 24 heavy (non-hydrogen) atoms. The zero-order valence-corrected chi connectivity index (χ0v) is 15.9. The highest BCUT2D eigenvalue weighted by Gasteiger charge is 2.09. The summed E-state index contributed by atoms with van der Waals surface area (Å²) in [4.78, 5) is 0. The van der Waals surface area contributed by atoms with E-state index in [1.165, 1.54) is 0 Å². The number of hydrazone groups is 2. The normalized spacial score (nSPS) is 11.5. The Balaban J connectivity index is 3.08. The third kappa shape index (κ3) is 6.47. The number of hydrogen-bond acceptors (Lipinski definition) is 5. The summed E-state index contributed by atoms with van der Waals surface area (Å²) in [5, 5.41) is 18.3. The molecule has 1 aromatic rings. The van der Waals surface area contributed by atoms with Crippen molar-refractivity contribution in [3.63, 3.8) is 0 Å². The molecule has 0 atom stereocenters. The van der Waals surface area contributed by atoms with Gasteiger partial charge in [-0.3, -0.25) is 10.9 Å². The van der Waals surface area contributed by atoms with Gasteiger partial charge < -0.3 is 16.0 Å². The van der Waals surface area contributed by atoms with E-state index in [0.29, 0.717) is 21.6 Å². The highest BCUT2D eigenvalue weighted by molar-refractivity contribution is 7.80. The first-order chi connectivity index (χ1) is 11.5. The fourth-order valence-corrected chi connectivity index (χ4v) is 1.80. The van der Waals surface area contributed by atoms with Gasteiger partial charge in [-0.05, 0) is 50.4 Å². The number of benzene rings is 1. The van der Waals surface area contributed by atoms with Crippen molar-refractivity contribution < 1.29 is 0 Å². The Labute approximate surface area is 153 Å². The maximum absolute atomic E-state index is 5.06. The molecule has 0 heterocycles. The zero-order valence-electron chi connectivity index (χ0n) is 14.2. The average molecular weight is 366 g/mol. The summed E-state index contributed by atoms with van der Waals surface area (Å²) in [5.41, 5.74) is 8.81. The van der Waals surface area contributed by atoms with Crippen LogP contribution in [-0.4, -0.2) is 42.3 Å². The molecule has 0 bridgehead atoms. The molecule has 0 aliphatic carbocycles. The monoisotopic (exact) mass is 365 g/mol. The smallest absolute Gasteiger partial charge is 0.186 e. The van der Waals surface area contributed by atoms with E-state index in [1.807, 2.05) is 31.2 Å². The molecule has 0 aliphatic rings. The van der Waals surface area contributed by atoms with Gasteiger partial charge in [-0.2, -0.15) is 10.2 Å². The van der Waals surface area contributed by atoms with E-state index in [-0.39, 0.29) is 0 Å². The molecule has 0 amide bonds. The Morgan fingerprint density at radius 2 is 1.50 bits per heavy atom. The Morgan fingerprint density at radius 3 is 2.00 bits per heavy atom. The third-order valence-electron chi connectivity index (χ3n) is 2.93. The first-order valence-corrected chi connectivity index (χ1v) is 8.25. The first kappa shape index (κ1) is 19.8. The van der Waals surface area contributed by atoms with Crippen molar-refractivity contribution in [3.05, 3.63) is 29.8 Å². The van der Waals surface area contributed by atoms with Gasteiger partial charge in [-0.25, -0.2) is 0 Å². The molecule has 0 fully saturated rings. The number of nitrogens with one attached hydrogen (secondary N) is 5. The van der Waals surface area contributed by atoms with E-state index in [1.54, 1.807) is 14.1 Å². The standard InChI is InChI=1S/C15H23N7S2/c1-5-18-12-8-6-11(7-9-12)13(20-22-15(24)17-4)10(2)19-21-14(23)16-3/h6-9,18H,5H2,1-4H3,(H2,16,21,23)(H2,17,22,24). The summed E-state index contributed by atoms with van der Waals surface area (Å²) < 4.78 is 0. The van der Waals surface area contributed by atoms with Gasteiger partial charge in [0, 0.05) is 31.9 Å². The molecule has 0 radical (unpaired) electrons. The summed E-state index contributed by atoms with van der Waals surface area (Å²) in [6.07, 6.45) is 0. The molecule has 1 aromatic carbocycles. The van der Waals surface area contributed by atoms with E-state index < -0.39 is 0 Å². The van der Waals surface area contributed by atoms with Gasteiger partial charge in [0.15, 0.2) is 10.2 Å². The topological polar surface area (TPSA) is 84.9 Å². The summed E-state index contributed by atoms with van der Waals surface area (Å²) >= 11 is 10.1. The van der Waals surface area contributed by atoms with Crippen LogP contribution in [0.25, 0.3) is 0 Å². The quantitative estimate of drug-likeness (QED) is 0.296. The lowest BCUT2D eigenvalue weighted by Crippen LogP contribution is -2.32. The number of thiocarbonyl (C=S) groups is 2. The number of nitrogens with zero attached hydrogens (tertiary/aromatic N) is 2. The van der Waals surface area contributed by atoms with Crippen molar-refractivity contribution in [1.82, 2.24) is 21.5 Å². The molecular weight excluding hydrogens is 342 g/mol. The van der Waals surface area contributed by atoms with Gasteiger partial charge in [0.1, 0.15) is 5.71 Å². The fraction of sp³-hybridized carbons (Fsp3) is 0.333. The largest absolute Gasteiger partial charge is 0.385 e. The predicted molar refractivity (Wildman–Crippen MR) is 110 cm³/mol. The zero-order chi connectivity index (χ0) is 17.9. The van der Waals surface area contributed by atoms with Crippen LogP contribution in [0.3, 0.4) is 0 Å². The molecule has 1 rings (SSSR count). The SMILES string of the molecule is CCNc1ccc(C(=NNC(=S)NC)C(C)=NNC(=S)NC)cc1. The molecule has 130 valence electrons. The van der Waals surface area contributed by atoms with Gasteiger partial charge in [-0.15, -0.1) is 0 Å². The maximum atomic E-state index is 5.06. The molecule has 9 heteroatoms. The fourth-order valence-electron chi connectivity index (χ4n) is 1.71. The molecular formula is C15H23N7S2. The second-order valence-corrected chi connectivity index (χ2v) is 5.46. The van der Waals surface area contributed by atoms with Crippen molar-refractivity contribution in [2.75, 3.05) is 26.0 Å². The Hall–Kier alpha value is -2.26. The molecule has 0 spiro atoms. The highest BCUT2D eigenvalue weighted by Crippen LogP contribution is 2.11. The summed E-state index contributed by atoms with van der Waals surface area (Å²) in [6.45, 7) is 4.76. The number of rotatable bonds is 6. The van der Waals surface area contributed by atoms with Crippen molar-refractivity contribution in [3.8, 4) is 0 Å². The van der Waals surface area contributed by atoms with Gasteiger partial charge in [0.05, 0.1) is 5.71 Å². The Morgan fingerprint density at radius 1 is 0.958 bits per heavy atom. The molecule has 5 N–H and O–H groups in total. The maximum Gasteiger partial charge on any atom is 0.186 e. The number of hydrogen-bond donors (Lipinski definition) is 5. The summed E-state index contributed by atoms with van der Waals surface area (Å²) in [6, 6.07) is 7.92. The van der Waals surface area contributed by atoms with Crippen molar-refractivity contribution >= 4 is 51.8 Å².